The van der Waals surface area contributed by atoms with Gasteiger partial charge in [-0.05, 0) is 89.3 Å². The molecule has 5 heteroatoms. The highest BCUT2D eigenvalue weighted by Gasteiger charge is 2.24. The van der Waals surface area contributed by atoms with Crippen molar-refractivity contribution < 1.29 is 18.7 Å². The Morgan fingerprint density at radius 3 is 2.51 bits per heavy atom. The van der Waals surface area contributed by atoms with Gasteiger partial charge in [-0.3, -0.25) is 9.29 Å². The minimum atomic E-state index is -0.315. The number of rotatable bonds is 8. The van der Waals surface area contributed by atoms with Crippen molar-refractivity contribution in [2.75, 3.05) is 40.5 Å². The molecule has 0 unspecified atom stereocenters. The van der Waals surface area contributed by atoms with E-state index in [0.29, 0.717) is 12.0 Å². The first-order valence-electron chi connectivity index (χ1n) is 13.7. The van der Waals surface area contributed by atoms with Crippen LogP contribution in [0.25, 0.3) is 17.2 Å². The predicted octanol–water partition coefficient (Wildman–Crippen LogP) is 7.14. The fourth-order valence-electron chi connectivity index (χ4n) is 5.84. The van der Waals surface area contributed by atoms with Gasteiger partial charge in [-0.15, -0.1) is 0 Å². The van der Waals surface area contributed by atoms with Gasteiger partial charge in [0.25, 0.3) is 0 Å². The monoisotopic (exact) mass is 525 g/mol. The number of carbonyl (C=O) groups is 1. The number of ether oxygens (including phenoxy) is 2. The average Bonchev–Trinajstić information content (AvgIpc) is 3.13. The lowest BCUT2D eigenvalue weighted by Gasteiger charge is -2.33. The van der Waals surface area contributed by atoms with E-state index in [1.54, 1.807) is 7.11 Å². The van der Waals surface area contributed by atoms with E-state index in [1.165, 1.54) is 29.4 Å². The third-order valence-electron chi connectivity index (χ3n) is 7.74. The van der Waals surface area contributed by atoms with E-state index >= 15 is 0 Å². The highest BCUT2D eigenvalue weighted by Crippen LogP contribution is 2.43. The number of benzene rings is 3. The first-order chi connectivity index (χ1) is 19.0. The highest BCUT2D eigenvalue weighted by atomic mass is 19.1. The Labute approximate surface area is 230 Å². The number of para-hydroxylation sites is 1. The summed E-state index contributed by atoms with van der Waals surface area (Å²) in [5.74, 6) is 0.591. The van der Waals surface area contributed by atoms with Crippen molar-refractivity contribution in [2.45, 2.75) is 32.6 Å². The first-order valence-corrected chi connectivity index (χ1v) is 13.7. The van der Waals surface area contributed by atoms with Crippen LogP contribution in [0.15, 0.2) is 66.2 Å². The molecule has 0 aromatic heterocycles. The zero-order valence-electron chi connectivity index (χ0n) is 23.1. The maximum Gasteiger partial charge on any atom is 0.337 e. The molecule has 0 atom stereocenters. The number of likely N-dealkylation sites (tertiary alicyclic amines) is 1. The van der Waals surface area contributed by atoms with Crippen molar-refractivity contribution in [3.8, 4) is 5.75 Å². The molecule has 3 aromatic rings. The van der Waals surface area contributed by atoms with Gasteiger partial charge in [-0.1, -0.05) is 54.6 Å². The molecule has 1 fully saturated rings. The number of halogens is 1. The van der Waals surface area contributed by atoms with E-state index < -0.39 is 0 Å². The van der Waals surface area contributed by atoms with Crippen molar-refractivity contribution in [1.29, 1.82) is 0 Å². The van der Waals surface area contributed by atoms with E-state index in [0.717, 1.165) is 72.5 Å². The lowest BCUT2D eigenvalue weighted by atomic mass is 9.86. The number of esters is 1. The third-order valence-corrected chi connectivity index (χ3v) is 7.74. The molecule has 4 nitrogen and oxygen atoms in total. The Hall–Kier alpha value is -3.70. The van der Waals surface area contributed by atoms with Gasteiger partial charge < -0.3 is 9.47 Å². The molecule has 39 heavy (non-hydrogen) atoms. The quantitative estimate of drug-likeness (QED) is 0.293. The fraction of sp³-hybridized carbons (Fsp3) is 0.324. The van der Waals surface area contributed by atoms with Gasteiger partial charge in [0.05, 0.1) is 26.5 Å². The lowest BCUT2D eigenvalue weighted by molar-refractivity contribution is 0.0600. The molecule has 0 spiro atoms. The molecule has 1 saturated heterocycles. The van der Waals surface area contributed by atoms with Crippen LogP contribution >= 0.6 is 0 Å². The molecule has 1 aliphatic heterocycles. The Morgan fingerprint density at radius 2 is 1.79 bits per heavy atom. The third kappa shape index (κ3) is 5.69. The summed E-state index contributed by atoms with van der Waals surface area (Å²) in [6, 6.07) is 21.0. The van der Waals surface area contributed by atoms with Crippen molar-refractivity contribution in [1.82, 2.24) is 4.90 Å². The second-order valence-corrected chi connectivity index (χ2v) is 10.4. The number of alkyl halides is 1. The van der Waals surface area contributed by atoms with Gasteiger partial charge in [-0.2, -0.15) is 0 Å². The molecular formula is C34H36FNO3. The zero-order valence-corrected chi connectivity index (χ0v) is 23.1. The Morgan fingerprint density at radius 1 is 1.00 bits per heavy atom. The van der Waals surface area contributed by atoms with Crippen LogP contribution in [0.3, 0.4) is 0 Å². The van der Waals surface area contributed by atoms with Gasteiger partial charge in [0.1, 0.15) is 5.75 Å². The molecule has 0 bridgehead atoms. The van der Waals surface area contributed by atoms with Crippen LogP contribution in [-0.2, 0) is 11.2 Å². The summed E-state index contributed by atoms with van der Waals surface area (Å²) < 4.78 is 23.4. The second kappa shape index (κ2) is 12.0. The molecule has 0 amide bonds. The maximum absolute atomic E-state index is 12.5. The van der Waals surface area contributed by atoms with Crippen LogP contribution in [0.1, 0.15) is 63.0 Å². The topological polar surface area (TPSA) is 38.8 Å². The van der Waals surface area contributed by atoms with Crippen LogP contribution in [0.4, 0.5) is 4.39 Å². The molecule has 0 N–H and O–H groups in total. The number of fused-ring (bicyclic) bond motifs is 1. The molecule has 1 heterocycles. The smallest absolute Gasteiger partial charge is 0.337 e. The highest BCUT2D eigenvalue weighted by molar-refractivity contribution is 6.02. The zero-order chi connectivity index (χ0) is 27.4. The maximum atomic E-state index is 12.5. The number of aryl methyl sites for hydroxylation is 2. The summed E-state index contributed by atoms with van der Waals surface area (Å²) in [5, 5.41) is 0. The minimum absolute atomic E-state index is 0.254. The normalized spacial score (nSPS) is 15.3. The predicted molar refractivity (Wildman–Crippen MR) is 156 cm³/mol. The summed E-state index contributed by atoms with van der Waals surface area (Å²) in [7, 11) is 3.16. The first kappa shape index (κ1) is 26.9. The Kier molecular flexibility index (Phi) is 8.27. The van der Waals surface area contributed by atoms with Crippen LogP contribution in [0.5, 0.6) is 5.75 Å². The molecular weight excluding hydrogens is 489 g/mol. The standard InChI is InChI=1S/C34H36FNO3/c1-23-7-4-10-31(33(23)38-2)30-9-5-8-27-20-28(34(37)39-3)15-16-29(27)32(30)26-13-11-24(12-14-26)19-25-21-36(22-25)18-6-17-35/h4,7,10-16,19-20H,5-6,8-9,17-18,21-22H2,1-3H3. The fourth-order valence-corrected chi connectivity index (χ4v) is 5.84. The Bertz CT molecular complexity index is 1410. The summed E-state index contributed by atoms with van der Waals surface area (Å²) in [6.07, 6.45) is 5.60. The summed E-state index contributed by atoms with van der Waals surface area (Å²) in [4.78, 5) is 14.6. The molecule has 2 aliphatic rings. The second-order valence-electron chi connectivity index (χ2n) is 10.4. The van der Waals surface area contributed by atoms with Crippen molar-refractivity contribution in [3.63, 3.8) is 0 Å². The van der Waals surface area contributed by atoms with Gasteiger partial charge in [-0.25, -0.2) is 4.79 Å². The van der Waals surface area contributed by atoms with Gasteiger partial charge >= 0.3 is 5.97 Å². The molecule has 3 aromatic carbocycles. The van der Waals surface area contributed by atoms with Gasteiger partial charge in [0.15, 0.2) is 0 Å². The molecule has 0 radical (unpaired) electrons. The van der Waals surface area contributed by atoms with E-state index in [9.17, 15) is 9.18 Å². The number of hydrogen-bond donors (Lipinski definition) is 0. The van der Waals surface area contributed by atoms with Crippen molar-refractivity contribution >= 4 is 23.2 Å². The van der Waals surface area contributed by atoms with E-state index in [2.05, 4.69) is 66.4 Å². The number of methoxy groups -OCH3 is 2. The number of allylic oxidation sites excluding steroid dienone is 1. The van der Waals surface area contributed by atoms with E-state index in [-0.39, 0.29) is 12.6 Å². The molecule has 202 valence electrons. The van der Waals surface area contributed by atoms with Crippen LogP contribution in [0, 0.1) is 6.92 Å². The largest absolute Gasteiger partial charge is 0.496 e. The number of carbonyl (C=O) groups excluding carboxylic acids is 1. The molecule has 0 saturated carbocycles. The number of hydrogen-bond acceptors (Lipinski definition) is 4. The van der Waals surface area contributed by atoms with Crippen LogP contribution < -0.4 is 4.74 Å². The lowest BCUT2D eigenvalue weighted by Crippen LogP contribution is -2.40. The molecule has 1 aliphatic carbocycles. The van der Waals surface area contributed by atoms with E-state index in [1.807, 2.05) is 12.1 Å². The SMILES string of the molecule is COC(=O)c1ccc2c(c1)CCCC(c1cccc(C)c1OC)=C2c1ccc(C=C2CN(CCCF)C2)cc1. The molecule has 5 rings (SSSR count). The van der Waals surface area contributed by atoms with E-state index in [4.69, 9.17) is 9.47 Å². The minimum Gasteiger partial charge on any atom is -0.496 e. The van der Waals surface area contributed by atoms with Gasteiger partial charge in [0.2, 0.25) is 0 Å². The summed E-state index contributed by atoms with van der Waals surface area (Å²) >= 11 is 0. The summed E-state index contributed by atoms with van der Waals surface area (Å²) in [5.41, 5.74) is 11.2. The Balaban J connectivity index is 1.58. The van der Waals surface area contributed by atoms with Gasteiger partial charge in [0, 0.05) is 25.2 Å². The summed E-state index contributed by atoms with van der Waals surface area (Å²) in [6.45, 7) is 4.48. The van der Waals surface area contributed by atoms with Crippen LogP contribution in [-0.4, -0.2) is 51.4 Å². The van der Waals surface area contributed by atoms with Crippen molar-refractivity contribution in [2.24, 2.45) is 0 Å². The van der Waals surface area contributed by atoms with Crippen LogP contribution in [0.2, 0.25) is 0 Å². The number of nitrogens with zero attached hydrogens (tertiary/aromatic N) is 1. The van der Waals surface area contributed by atoms with Crippen molar-refractivity contribution in [3.05, 3.63) is 105 Å². The average molecular weight is 526 g/mol.